The summed E-state index contributed by atoms with van der Waals surface area (Å²) in [5, 5.41) is 7.37. The van der Waals surface area contributed by atoms with Crippen molar-refractivity contribution < 1.29 is 21.6 Å². The van der Waals surface area contributed by atoms with Gasteiger partial charge in [0.2, 0.25) is 0 Å². The maximum atomic E-state index is 12.9. The number of halogens is 4. The summed E-state index contributed by atoms with van der Waals surface area (Å²) in [6.45, 7) is 0. The summed E-state index contributed by atoms with van der Waals surface area (Å²) in [5.41, 5.74) is -0.255. The van der Waals surface area contributed by atoms with Gasteiger partial charge in [0.15, 0.2) is 5.82 Å². The summed E-state index contributed by atoms with van der Waals surface area (Å²) in [5.74, 6) is 0.574. The Morgan fingerprint density at radius 3 is 2.33 bits per heavy atom. The van der Waals surface area contributed by atoms with E-state index in [1.807, 2.05) is 0 Å². The standard InChI is InChI=1S/C16H12ClF3N4O2S/c1-24-9-21-22-15(24)10-2-5-12(6-3-10)23-27(25,26)14-8-11(16(18,19)20)4-7-13(14)17/h2-9,23H,1H3. The van der Waals surface area contributed by atoms with Crippen LogP contribution in [-0.2, 0) is 23.2 Å². The minimum absolute atomic E-state index is 0.161. The first kappa shape index (κ1) is 19.2. The molecule has 142 valence electrons. The van der Waals surface area contributed by atoms with Crippen LogP contribution in [0.1, 0.15) is 5.56 Å². The van der Waals surface area contributed by atoms with Gasteiger partial charge in [-0.3, -0.25) is 4.72 Å². The molecule has 0 radical (unpaired) electrons. The summed E-state index contributed by atoms with van der Waals surface area (Å²) in [7, 11) is -2.57. The van der Waals surface area contributed by atoms with Gasteiger partial charge in [0.05, 0.1) is 10.6 Å². The molecule has 1 N–H and O–H groups in total. The molecule has 3 rings (SSSR count). The molecule has 0 amide bonds. The second-order valence-electron chi connectivity index (χ2n) is 5.59. The molecule has 0 spiro atoms. The molecular formula is C16H12ClF3N4O2S. The number of aryl methyl sites for hydroxylation is 1. The van der Waals surface area contributed by atoms with E-state index in [4.69, 9.17) is 11.6 Å². The molecule has 6 nitrogen and oxygen atoms in total. The number of hydrogen-bond donors (Lipinski definition) is 1. The van der Waals surface area contributed by atoms with Crippen LogP contribution >= 0.6 is 11.6 Å². The molecule has 11 heteroatoms. The van der Waals surface area contributed by atoms with Gasteiger partial charge in [-0.2, -0.15) is 13.2 Å². The normalized spacial score (nSPS) is 12.2. The second-order valence-corrected chi connectivity index (χ2v) is 7.65. The number of benzene rings is 2. The molecule has 3 aromatic rings. The Kier molecular flexibility index (Phi) is 4.87. The number of sulfonamides is 1. The van der Waals surface area contributed by atoms with E-state index in [0.717, 1.165) is 12.1 Å². The number of aromatic nitrogens is 3. The van der Waals surface area contributed by atoms with Crippen LogP contribution in [0.15, 0.2) is 53.7 Å². The molecule has 1 heterocycles. The summed E-state index contributed by atoms with van der Waals surface area (Å²) in [6.07, 6.45) is -3.17. The Morgan fingerprint density at radius 1 is 1.11 bits per heavy atom. The monoisotopic (exact) mass is 416 g/mol. The van der Waals surface area contributed by atoms with E-state index in [1.54, 1.807) is 23.7 Å². The third-order valence-electron chi connectivity index (χ3n) is 3.65. The van der Waals surface area contributed by atoms with Gasteiger partial charge in [0, 0.05) is 18.3 Å². The smallest absolute Gasteiger partial charge is 0.317 e. The maximum Gasteiger partial charge on any atom is 0.416 e. The van der Waals surface area contributed by atoms with Crippen LogP contribution in [0.3, 0.4) is 0 Å². The molecule has 0 aliphatic rings. The number of nitrogens with zero attached hydrogens (tertiary/aromatic N) is 3. The van der Waals surface area contributed by atoms with E-state index in [9.17, 15) is 21.6 Å². The van der Waals surface area contributed by atoms with Crippen molar-refractivity contribution >= 4 is 27.3 Å². The average molecular weight is 417 g/mol. The maximum absolute atomic E-state index is 12.9. The lowest BCUT2D eigenvalue weighted by Crippen LogP contribution is -2.15. The molecule has 0 aliphatic heterocycles. The van der Waals surface area contributed by atoms with Crippen molar-refractivity contribution in [2.24, 2.45) is 7.05 Å². The molecule has 0 fully saturated rings. The summed E-state index contributed by atoms with van der Waals surface area (Å²) in [4.78, 5) is -0.656. The molecule has 2 aromatic carbocycles. The third-order valence-corrected chi connectivity index (χ3v) is 5.52. The minimum atomic E-state index is -4.69. The number of hydrogen-bond acceptors (Lipinski definition) is 4. The van der Waals surface area contributed by atoms with Crippen molar-refractivity contribution in [3.05, 3.63) is 59.4 Å². The van der Waals surface area contributed by atoms with Crippen LogP contribution in [0.25, 0.3) is 11.4 Å². The highest BCUT2D eigenvalue weighted by Gasteiger charge is 2.32. The number of rotatable bonds is 4. The predicted molar refractivity (Wildman–Crippen MR) is 93.7 cm³/mol. The zero-order chi connectivity index (χ0) is 19.8. The van der Waals surface area contributed by atoms with Crippen molar-refractivity contribution in [2.75, 3.05) is 4.72 Å². The molecule has 1 aromatic heterocycles. The van der Waals surface area contributed by atoms with Crippen LogP contribution < -0.4 is 4.72 Å². The van der Waals surface area contributed by atoms with Crippen LogP contribution in [0, 0.1) is 0 Å². The van der Waals surface area contributed by atoms with Gasteiger partial charge in [-0.25, -0.2) is 8.42 Å². The number of nitrogens with one attached hydrogen (secondary N) is 1. The fraction of sp³-hybridized carbons (Fsp3) is 0.125. The second kappa shape index (κ2) is 6.86. The Bertz CT molecular complexity index is 1080. The lowest BCUT2D eigenvalue weighted by molar-refractivity contribution is -0.137. The SMILES string of the molecule is Cn1cnnc1-c1ccc(NS(=O)(=O)c2cc(C(F)(F)F)ccc2Cl)cc1. The minimum Gasteiger partial charge on any atom is -0.317 e. The van der Waals surface area contributed by atoms with Crippen LogP contribution in [-0.4, -0.2) is 23.2 Å². The van der Waals surface area contributed by atoms with Gasteiger partial charge in [0.25, 0.3) is 10.0 Å². The molecule has 27 heavy (non-hydrogen) atoms. The van der Waals surface area contributed by atoms with Crippen LogP contribution in [0.2, 0.25) is 5.02 Å². The van der Waals surface area contributed by atoms with Gasteiger partial charge in [-0.15, -0.1) is 10.2 Å². The zero-order valence-corrected chi connectivity index (χ0v) is 15.3. The topological polar surface area (TPSA) is 76.9 Å². The average Bonchev–Trinajstić information content (AvgIpc) is 3.00. The van der Waals surface area contributed by atoms with E-state index >= 15 is 0 Å². The van der Waals surface area contributed by atoms with Gasteiger partial charge < -0.3 is 4.57 Å². The Labute approximate surface area is 157 Å². The summed E-state index contributed by atoms with van der Waals surface area (Å²) < 4.78 is 67.4. The Morgan fingerprint density at radius 2 is 1.78 bits per heavy atom. The van der Waals surface area contributed by atoms with Gasteiger partial charge in [-0.1, -0.05) is 11.6 Å². The molecule has 0 saturated carbocycles. The fourth-order valence-corrected chi connectivity index (χ4v) is 3.91. The third kappa shape index (κ3) is 4.06. The molecule has 0 bridgehead atoms. The molecule has 0 unspecified atom stereocenters. The van der Waals surface area contributed by atoms with Gasteiger partial charge in [-0.05, 0) is 42.5 Å². The van der Waals surface area contributed by atoms with E-state index in [2.05, 4.69) is 14.9 Å². The number of alkyl halides is 3. The van der Waals surface area contributed by atoms with Gasteiger partial charge >= 0.3 is 6.18 Å². The molecule has 0 atom stereocenters. The molecular weight excluding hydrogens is 405 g/mol. The predicted octanol–water partition coefficient (Wildman–Crippen LogP) is 3.96. The highest BCUT2D eigenvalue weighted by Crippen LogP contribution is 2.34. The van der Waals surface area contributed by atoms with Crippen LogP contribution in [0.4, 0.5) is 18.9 Å². The van der Waals surface area contributed by atoms with E-state index < -0.39 is 26.7 Å². The lowest BCUT2D eigenvalue weighted by atomic mass is 10.2. The fourth-order valence-electron chi connectivity index (χ4n) is 2.33. The first-order valence-electron chi connectivity index (χ1n) is 7.42. The first-order chi connectivity index (χ1) is 12.6. The highest BCUT2D eigenvalue weighted by molar-refractivity contribution is 7.92. The van der Waals surface area contributed by atoms with E-state index in [-0.39, 0.29) is 10.7 Å². The van der Waals surface area contributed by atoms with Crippen molar-refractivity contribution in [2.45, 2.75) is 11.1 Å². The van der Waals surface area contributed by atoms with Gasteiger partial charge in [0.1, 0.15) is 11.2 Å². The van der Waals surface area contributed by atoms with Crippen molar-refractivity contribution in [1.82, 2.24) is 14.8 Å². The molecule has 0 aliphatic carbocycles. The first-order valence-corrected chi connectivity index (χ1v) is 9.28. The Balaban J connectivity index is 1.90. The summed E-state index contributed by atoms with van der Waals surface area (Å²) in [6, 6.07) is 8.25. The summed E-state index contributed by atoms with van der Waals surface area (Å²) >= 11 is 5.80. The van der Waals surface area contributed by atoms with Crippen LogP contribution in [0.5, 0.6) is 0 Å². The highest BCUT2D eigenvalue weighted by atomic mass is 35.5. The van der Waals surface area contributed by atoms with E-state index in [0.29, 0.717) is 17.5 Å². The van der Waals surface area contributed by atoms with Crippen molar-refractivity contribution in [1.29, 1.82) is 0 Å². The number of anilines is 1. The Hall–Kier alpha value is -2.59. The van der Waals surface area contributed by atoms with E-state index in [1.165, 1.54) is 18.5 Å². The van der Waals surface area contributed by atoms with Crippen molar-refractivity contribution in [3.63, 3.8) is 0 Å². The largest absolute Gasteiger partial charge is 0.416 e. The molecule has 0 saturated heterocycles. The lowest BCUT2D eigenvalue weighted by Gasteiger charge is -2.13. The van der Waals surface area contributed by atoms with Crippen molar-refractivity contribution in [3.8, 4) is 11.4 Å². The zero-order valence-electron chi connectivity index (χ0n) is 13.7. The quantitative estimate of drug-likeness (QED) is 0.698.